The van der Waals surface area contributed by atoms with Gasteiger partial charge in [0, 0.05) is 33.4 Å². The maximum atomic E-state index is 13.2. The highest BCUT2D eigenvalue weighted by molar-refractivity contribution is 5.95. The van der Waals surface area contributed by atoms with Crippen molar-refractivity contribution in [2.75, 3.05) is 0 Å². The summed E-state index contributed by atoms with van der Waals surface area (Å²) in [5.74, 6) is -15.0. The summed E-state index contributed by atoms with van der Waals surface area (Å²) in [7, 11) is 0. The highest BCUT2D eigenvalue weighted by atomic mass is 17.0. The van der Waals surface area contributed by atoms with Gasteiger partial charge in [0.05, 0.1) is 11.1 Å². The van der Waals surface area contributed by atoms with E-state index in [1.807, 2.05) is 0 Å². The van der Waals surface area contributed by atoms with Gasteiger partial charge in [0.2, 0.25) is 0 Å². The van der Waals surface area contributed by atoms with Crippen LogP contribution < -0.4 is 0 Å². The van der Waals surface area contributed by atoms with Crippen LogP contribution in [-0.2, 0) is 63.1 Å². The first-order valence-corrected chi connectivity index (χ1v) is 13.4. The second-order valence-corrected chi connectivity index (χ2v) is 11.1. The summed E-state index contributed by atoms with van der Waals surface area (Å²) in [5.41, 5.74) is 1.53. The molecule has 206 valence electrons. The van der Waals surface area contributed by atoms with Crippen molar-refractivity contribution < 1.29 is 48.2 Å². The van der Waals surface area contributed by atoms with Gasteiger partial charge in [0.25, 0.3) is 23.1 Å². The number of rotatable bonds is 0. The molecular weight excluding hydrogens is 544 g/mol. The van der Waals surface area contributed by atoms with Crippen LogP contribution in [0.3, 0.4) is 0 Å². The molecule has 0 aliphatic carbocycles. The van der Waals surface area contributed by atoms with E-state index in [1.54, 1.807) is 97.1 Å². The highest BCUT2D eigenvalue weighted by Gasteiger charge is 2.91. The average Bonchev–Trinajstić information content (AvgIpc) is 3.64. The van der Waals surface area contributed by atoms with Crippen LogP contribution >= 0.6 is 0 Å². The van der Waals surface area contributed by atoms with Crippen molar-refractivity contribution in [1.29, 1.82) is 0 Å². The summed E-state index contributed by atoms with van der Waals surface area (Å²) in [6.07, 6.45) is 0. The van der Waals surface area contributed by atoms with E-state index in [9.17, 15) is 19.8 Å². The summed E-state index contributed by atoms with van der Waals surface area (Å²) in [4.78, 5) is 26.5. The molecule has 6 heterocycles. The van der Waals surface area contributed by atoms with Crippen molar-refractivity contribution >= 4 is 11.9 Å². The average molecular weight is 562 g/mol. The maximum Gasteiger partial charge on any atom is 0.341 e. The van der Waals surface area contributed by atoms with Gasteiger partial charge in [-0.2, -0.15) is 0 Å². The van der Waals surface area contributed by atoms with Crippen LogP contribution in [0.25, 0.3) is 0 Å². The van der Waals surface area contributed by atoms with Crippen LogP contribution in [-0.4, -0.2) is 22.2 Å². The molecule has 4 spiro atoms. The van der Waals surface area contributed by atoms with Gasteiger partial charge >= 0.3 is 23.5 Å². The molecule has 6 aliphatic rings. The fraction of sp³-hybridized carbons (Fsp3) is 0.188. The van der Waals surface area contributed by atoms with E-state index in [4.69, 9.17) is 28.4 Å². The Bertz CT molecular complexity index is 1830. The molecule has 4 aromatic carbocycles. The lowest BCUT2D eigenvalue weighted by molar-refractivity contribution is -0.435. The van der Waals surface area contributed by atoms with Crippen molar-refractivity contribution in [2.24, 2.45) is 0 Å². The standard InChI is InChI=1S/C32H18O10/c33-25-17-9-1-3-11-19(17)29(37-25)27(35)21-13-5-7-15-23(21)32-31(39-27,41-29)24-16-8-6-14-22(24)28(36,40-32)30(42-32)20-12-4-2-10-18(20)26(34)38-30/h1-16,35-36H. The van der Waals surface area contributed by atoms with Gasteiger partial charge < -0.3 is 19.7 Å². The number of hydrogen-bond donors (Lipinski definition) is 2. The predicted octanol–water partition coefficient (Wildman–Crippen LogP) is 3.15. The van der Waals surface area contributed by atoms with Crippen LogP contribution in [0.5, 0.6) is 0 Å². The minimum atomic E-state index is -2.40. The van der Waals surface area contributed by atoms with Gasteiger partial charge in [-0.05, 0) is 12.1 Å². The van der Waals surface area contributed by atoms with E-state index >= 15 is 0 Å². The first kappa shape index (κ1) is 23.2. The molecule has 10 rings (SSSR count). The quantitative estimate of drug-likeness (QED) is 0.308. The second-order valence-electron chi connectivity index (χ2n) is 11.1. The third-order valence-corrected chi connectivity index (χ3v) is 9.25. The highest BCUT2D eigenvalue weighted by Crippen LogP contribution is 2.78. The first-order chi connectivity index (χ1) is 20.3. The van der Waals surface area contributed by atoms with Crippen molar-refractivity contribution in [3.05, 3.63) is 142 Å². The summed E-state index contributed by atoms with van der Waals surface area (Å²) < 4.78 is 38.7. The molecule has 10 heteroatoms. The Balaban J connectivity index is 1.35. The zero-order chi connectivity index (χ0) is 28.3. The molecule has 0 amide bonds. The molecule has 0 radical (unpaired) electrons. The van der Waals surface area contributed by atoms with Gasteiger partial charge in [0.15, 0.2) is 0 Å². The molecule has 6 aliphatic heterocycles. The number of aliphatic hydroxyl groups is 2. The Morgan fingerprint density at radius 2 is 0.738 bits per heavy atom. The van der Waals surface area contributed by atoms with Crippen LogP contribution in [0.4, 0.5) is 0 Å². The molecule has 0 saturated carbocycles. The normalized spacial score (nSPS) is 38.9. The van der Waals surface area contributed by atoms with Crippen molar-refractivity contribution in [1.82, 2.24) is 0 Å². The Labute approximate surface area is 236 Å². The first-order valence-electron chi connectivity index (χ1n) is 13.4. The molecule has 2 N–H and O–H groups in total. The van der Waals surface area contributed by atoms with Crippen LogP contribution in [0.2, 0.25) is 0 Å². The van der Waals surface area contributed by atoms with Crippen molar-refractivity contribution in [3.63, 3.8) is 0 Å². The minimum absolute atomic E-state index is 0.110. The number of hydrogen-bond acceptors (Lipinski definition) is 10. The molecule has 2 saturated heterocycles. The zero-order valence-corrected chi connectivity index (χ0v) is 21.4. The molecule has 4 bridgehead atoms. The maximum absolute atomic E-state index is 13.2. The van der Waals surface area contributed by atoms with Gasteiger partial charge in [-0.15, -0.1) is 0 Å². The third kappa shape index (κ3) is 2.04. The Morgan fingerprint density at radius 1 is 0.405 bits per heavy atom. The number of ether oxygens (including phenoxy) is 6. The van der Waals surface area contributed by atoms with E-state index in [0.29, 0.717) is 0 Å². The van der Waals surface area contributed by atoms with E-state index in [2.05, 4.69) is 0 Å². The molecule has 0 aromatic heterocycles. The number of carbonyl (C=O) groups excluding carboxylic acids is 2. The lowest BCUT2D eigenvalue weighted by Gasteiger charge is -2.50. The topological polar surface area (TPSA) is 130 Å². The molecule has 2 fully saturated rings. The predicted molar refractivity (Wildman–Crippen MR) is 135 cm³/mol. The number of fused-ring (bicyclic) bond motifs is 12. The van der Waals surface area contributed by atoms with Crippen LogP contribution in [0.15, 0.2) is 97.1 Å². The minimum Gasteiger partial charge on any atom is -0.418 e. The van der Waals surface area contributed by atoms with Gasteiger partial charge in [0.1, 0.15) is 0 Å². The summed E-state index contributed by atoms with van der Waals surface area (Å²) in [6, 6.07) is 26.3. The summed E-state index contributed by atoms with van der Waals surface area (Å²) in [5, 5.41) is 25.2. The largest absolute Gasteiger partial charge is 0.418 e. The summed E-state index contributed by atoms with van der Waals surface area (Å²) >= 11 is 0. The fourth-order valence-corrected chi connectivity index (χ4v) is 7.61. The van der Waals surface area contributed by atoms with Gasteiger partial charge in [-0.3, -0.25) is 18.9 Å². The van der Waals surface area contributed by atoms with Crippen LogP contribution in [0.1, 0.15) is 54.1 Å². The van der Waals surface area contributed by atoms with Crippen molar-refractivity contribution in [2.45, 2.75) is 34.7 Å². The molecule has 6 unspecified atom stereocenters. The number of esters is 2. The monoisotopic (exact) mass is 562 g/mol. The van der Waals surface area contributed by atoms with E-state index in [-0.39, 0.29) is 44.5 Å². The SMILES string of the molecule is O=C1OC2(OC34OC2(O)c2ccccc2C32OC(O)(c3ccccc34)C3(OC(=O)c4ccccc43)O2)c2ccccc21. The fourth-order valence-electron chi connectivity index (χ4n) is 7.61. The molecule has 4 aromatic rings. The molecule has 6 atom stereocenters. The van der Waals surface area contributed by atoms with Crippen molar-refractivity contribution in [3.8, 4) is 0 Å². The molecule has 42 heavy (non-hydrogen) atoms. The summed E-state index contributed by atoms with van der Waals surface area (Å²) in [6.45, 7) is 0. The Hall–Kier alpha value is -4.42. The van der Waals surface area contributed by atoms with Gasteiger partial charge in [-0.25, -0.2) is 9.59 Å². The third-order valence-electron chi connectivity index (χ3n) is 9.25. The van der Waals surface area contributed by atoms with E-state index in [0.717, 1.165) is 0 Å². The number of benzene rings is 4. The lowest BCUT2D eigenvalue weighted by Crippen LogP contribution is -2.60. The smallest absolute Gasteiger partial charge is 0.341 e. The zero-order valence-electron chi connectivity index (χ0n) is 21.4. The second kappa shape index (κ2) is 6.63. The molecule has 10 nitrogen and oxygen atoms in total. The number of carbonyl (C=O) groups is 2. The van der Waals surface area contributed by atoms with E-state index in [1.165, 1.54) is 0 Å². The molecular formula is C32H18O10. The van der Waals surface area contributed by atoms with Crippen LogP contribution in [0, 0.1) is 0 Å². The Kier molecular flexibility index (Phi) is 3.66. The van der Waals surface area contributed by atoms with Gasteiger partial charge in [-0.1, -0.05) is 84.9 Å². The lowest BCUT2D eigenvalue weighted by atomic mass is 9.77. The van der Waals surface area contributed by atoms with E-state index < -0.39 is 46.7 Å². The Morgan fingerprint density at radius 3 is 1.14 bits per heavy atom.